The first-order valence-electron chi connectivity index (χ1n) is 5.77. The maximum Gasteiger partial charge on any atom is 0.230 e. The molecule has 0 saturated heterocycles. The monoisotopic (exact) mass is 296 g/mol. The van der Waals surface area contributed by atoms with E-state index in [9.17, 15) is 4.79 Å². The van der Waals surface area contributed by atoms with Crippen LogP contribution >= 0.6 is 23.2 Å². The highest BCUT2D eigenvalue weighted by Gasteiger charge is 2.45. The Bertz CT molecular complexity index is 614. The Kier molecular flexibility index (Phi) is 3.16. The summed E-state index contributed by atoms with van der Waals surface area (Å²) in [5, 5.41) is 9.97. The van der Waals surface area contributed by atoms with Crippen molar-refractivity contribution < 1.29 is 4.79 Å². The number of nitrogens with zero attached hydrogens (tertiary/aromatic N) is 2. The molecule has 19 heavy (non-hydrogen) atoms. The molecule has 1 aromatic heterocycles. The van der Waals surface area contributed by atoms with Gasteiger partial charge in [-0.2, -0.15) is 10.1 Å². The van der Waals surface area contributed by atoms with Gasteiger partial charge in [-0.15, -0.1) is 0 Å². The number of H-pyrrole nitrogens is 1. The Morgan fingerprint density at radius 1 is 1.42 bits per heavy atom. The first-order valence-corrected chi connectivity index (χ1v) is 6.52. The van der Waals surface area contributed by atoms with Gasteiger partial charge in [0.2, 0.25) is 11.9 Å². The Balaban J connectivity index is 1.70. The van der Waals surface area contributed by atoms with Crippen molar-refractivity contribution in [1.29, 1.82) is 0 Å². The highest BCUT2D eigenvalue weighted by molar-refractivity contribution is 6.42. The second kappa shape index (κ2) is 4.83. The first kappa shape index (κ1) is 12.4. The van der Waals surface area contributed by atoms with Crippen LogP contribution in [0.1, 0.15) is 17.9 Å². The summed E-state index contributed by atoms with van der Waals surface area (Å²) < 4.78 is 0. The highest BCUT2D eigenvalue weighted by Crippen LogP contribution is 2.50. The summed E-state index contributed by atoms with van der Waals surface area (Å²) in [6.07, 6.45) is 2.11. The first-order chi connectivity index (χ1) is 9.16. The Hall–Kier alpha value is -1.59. The Morgan fingerprint density at radius 2 is 2.26 bits per heavy atom. The van der Waals surface area contributed by atoms with Gasteiger partial charge in [-0.25, -0.2) is 5.10 Å². The van der Waals surface area contributed by atoms with Gasteiger partial charge in [0.25, 0.3) is 0 Å². The normalized spacial score (nSPS) is 21.2. The smallest absolute Gasteiger partial charge is 0.230 e. The van der Waals surface area contributed by atoms with Crippen LogP contribution in [0, 0.1) is 5.92 Å². The van der Waals surface area contributed by atoms with Crippen molar-refractivity contribution in [3.63, 3.8) is 0 Å². The van der Waals surface area contributed by atoms with Crippen molar-refractivity contribution in [2.45, 2.75) is 12.3 Å². The molecule has 7 heteroatoms. The van der Waals surface area contributed by atoms with E-state index in [1.807, 2.05) is 12.1 Å². The predicted molar refractivity (Wildman–Crippen MR) is 72.3 cm³/mol. The third kappa shape index (κ3) is 2.43. The molecule has 0 spiro atoms. The third-order valence-corrected chi connectivity index (χ3v) is 4.00. The van der Waals surface area contributed by atoms with E-state index in [4.69, 9.17) is 23.2 Å². The van der Waals surface area contributed by atoms with Gasteiger partial charge in [-0.3, -0.25) is 10.1 Å². The van der Waals surface area contributed by atoms with E-state index in [0.717, 1.165) is 12.0 Å². The highest BCUT2D eigenvalue weighted by atomic mass is 35.5. The van der Waals surface area contributed by atoms with Gasteiger partial charge in [0, 0.05) is 5.92 Å². The summed E-state index contributed by atoms with van der Waals surface area (Å²) in [6.45, 7) is 0. The molecule has 1 aliphatic rings. The zero-order chi connectivity index (χ0) is 13.4. The van der Waals surface area contributed by atoms with Gasteiger partial charge < -0.3 is 0 Å². The lowest BCUT2D eigenvalue weighted by molar-refractivity contribution is -0.117. The van der Waals surface area contributed by atoms with Gasteiger partial charge in [0.15, 0.2) is 0 Å². The van der Waals surface area contributed by atoms with Crippen molar-refractivity contribution in [2.24, 2.45) is 5.92 Å². The fourth-order valence-electron chi connectivity index (χ4n) is 2.11. The standard InChI is InChI=1S/C12H10Cl2N4O/c13-9-3-1-2-6(10(9)14)7-4-8(7)11(19)17-12-15-5-16-18-12/h1-3,5,7-8H,4H2,(H2,15,16,17,18,19)/t7-,8+/m0/s1. The average Bonchev–Trinajstić information content (AvgIpc) is 3.03. The van der Waals surface area contributed by atoms with Crippen LogP contribution in [-0.2, 0) is 4.79 Å². The molecule has 1 amide bonds. The van der Waals surface area contributed by atoms with E-state index in [1.54, 1.807) is 6.07 Å². The molecule has 5 nitrogen and oxygen atoms in total. The number of aromatic nitrogens is 3. The summed E-state index contributed by atoms with van der Waals surface area (Å²) in [4.78, 5) is 15.8. The molecule has 1 aliphatic carbocycles. The van der Waals surface area contributed by atoms with Crippen molar-refractivity contribution in [3.8, 4) is 0 Å². The maximum absolute atomic E-state index is 12.0. The van der Waals surface area contributed by atoms with Gasteiger partial charge in [-0.05, 0) is 24.0 Å². The van der Waals surface area contributed by atoms with Gasteiger partial charge in [0.1, 0.15) is 6.33 Å². The zero-order valence-corrected chi connectivity index (χ0v) is 11.2. The van der Waals surface area contributed by atoms with Crippen LogP contribution in [0.5, 0.6) is 0 Å². The molecule has 98 valence electrons. The van der Waals surface area contributed by atoms with Gasteiger partial charge in [0.05, 0.1) is 10.0 Å². The predicted octanol–water partition coefficient (Wildman–Crippen LogP) is 2.85. The Morgan fingerprint density at radius 3 is 3.00 bits per heavy atom. The minimum atomic E-state index is -0.0962. The van der Waals surface area contributed by atoms with Crippen LogP contribution in [0.15, 0.2) is 24.5 Å². The zero-order valence-electron chi connectivity index (χ0n) is 9.73. The summed E-state index contributed by atoms with van der Waals surface area (Å²) in [7, 11) is 0. The Labute approximate surface area is 119 Å². The van der Waals surface area contributed by atoms with Crippen molar-refractivity contribution >= 4 is 35.1 Å². The number of aromatic amines is 1. The van der Waals surface area contributed by atoms with E-state index in [-0.39, 0.29) is 17.7 Å². The number of amides is 1. The lowest BCUT2D eigenvalue weighted by Gasteiger charge is -2.05. The molecule has 2 N–H and O–H groups in total. The number of carbonyl (C=O) groups excluding carboxylic acids is 1. The van der Waals surface area contributed by atoms with Crippen LogP contribution in [0.3, 0.4) is 0 Å². The van der Waals surface area contributed by atoms with E-state index in [1.165, 1.54) is 6.33 Å². The second-order valence-electron chi connectivity index (χ2n) is 4.42. The van der Waals surface area contributed by atoms with E-state index >= 15 is 0 Å². The number of benzene rings is 1. The summed E-state index contributed by atoms with van der Waals surface area (Å²) in [5.41, 5.74) is 0.923. The molecule has 0 radical (unpaired) electrons. The van der Waals surface area contributed by atoms with Crippen LogP contribution in [0.25, 0.3) is 0 Å². The van der Waals surface area contributed by atoms with Gasteiger partial charge in [-0.1, -0.05) is 35.3 Å². The molecule has 1 saturated carbocycles. The molecular formula is C12H10Cl2N4O. The molecule has 2 aromatic rings. The van der Waals surface area contributed by atoms with E-state index in [2.05, 4.69) is 20.5 Å². The average molecular weight is 297 g/mol. The maximum atomic E-state index is 12.0. The molecule has 2 atom stereocenters. The van der Waals surface area contributed by atoms with Gasteiger partial charge >= 0.3 is 0 Å². The molecule has 0 aliphatic heterocycles. The topological polar surface area (TPSA) is 70.7 Å². The van der Waals surface area contributed by atoms with Crippen molar-refractivity contribution in [1.82, 2.24) is 15.2 Å². The van der Waals surface area contributed by atoms with E-state index in [0.29, 0.717) is 16.0 Å². The number of hydrogen-bond acceptors (Lipinski definition) is 3. The minimum absolute atomic E-state index is 0.0854. The molecule has 0 bridgehead atoms. The minimum Gasteiger partial charge on any atom is -0.295 e. The van der Waals surface area contributed by atoms with Crippen LogP contribution in [0.4, 0.5) is 5.95 Å². The third-order valence-electron chi connectivity index (χ3n) is 3.16. The lowest BCUT2D eigenvalue weighted by atomic mass is 10.1. The number of anilines is 1. The van der Waals surface area contributed by atoms with E-state index < -0.39 is 0 Å². The molecule has 3 rings (SSSR count). The van der Waals surface area contributed by atoms with Crippen LogP contribution < -0.4 is 5.32 Å². The number of hydrogen-bond donors (Lipinski definition) is 2. The molecule has 1 fully saturated rings. The number of nitrogens with one attached hydrogen (secondary N) is 2. The fraction of sp³-hybridized carbons (Fsp3) is 0.250. The lowest BCUT2D eigenvalue weighted by Crippen LogP contribution is -2.15. The quantitative estimate of drug-likeness (QED) is 0.915. The summed E-state index contributed by atoms with van der Waals surface area (Å²) in [6, 6.07) is 5.48. The molecule has 1 aromatic carbocycles. The fourth-order valence-corrected chi connectivity index (χ4v) is 2.56. The second-order valence-corrected chi connectivity index (χ2v) is 5.20. The number of halogens is 2. The summed E-state index contributed by atoms with van der Waals surface area (Å²) >= 11 is 12.1. The van der Waals surface area contributed by atoms with Crippen molar-refractivity contribution in [2.75, 3.05) is 5.32 Å². The SMILES string of the molecule is O=C(Nc1ncn[nH]1)[C@@H]1C[C@H]1c1cccc(Cl)c1Cl. The van der Waals surface area contributed by atoms with Crippen LogP contribution in [-0.4, -0.2) is 21.1 Å². The molecule has 0 unspecified atom stereocenters. The number of rotatable bonds is 3. The van der Waals surface area contributed by atoms with Crippen LogP contribution in [0.2, 0.25) is 10.0 Å². The number of carbonyl (C=O) groups is 1. The van der Waals surface area contributed by atoms with Crippen molar-refractivity contribution in [3.05, 3.63) is 40.1 Å². The largest absolute Gasteiger partial charge is 0.295 e. The molecular weight excluding hydrogens is 287 g/mol. The molecule has 1 heterocycles. The summed E-state index contributed by atoms with van der Waals surface area (Å²) in [5.74, 6) is 0.292.